The number of benzene rings is 1. The van der Waals surface area contributed by atoms with E-state index < -0.39 is 5.91 Å². The highest BCUT2D eigenvalue weighted by molar-refractivity contribution is 6.04. The summed E-state index contributed by atoms with van der Waals surface area (Å²) in [4.78, 5) is 23.6. The van der Waals surface area contributed by atoms with Crippen molar-refractivity contribution < 1.29 is 19.1 Å². The lowest BCUT2D eigenvalue weighted by Gasteiger charge is -2.20. The van der Waals surface area contributed by atoms with Crippen LogP contribution in [0.3, 0.4) is 0 Å². The fourth-order valence-corrected chi connectivity index (χ4v) is 1.70. The minimum atomic E-state index is -0.403. The summed E-state index contributed by atoms with van der Waals surface area (Å²) in [6.07, 6.45) is -0.244. The predicted octanol–water partition coefficient (Wildman–Crippen LogP) is 1.95. The van der Waals surface area contributed by atoms with Crippen LogP contribution in [-0.4, -0.2) is 31.6 Å². The van der Waals surface area contributed by atoms with Crippen LogP contribution in [0.5, 0.6) is 11.5 Å². The van der Waals surface area contributed by atoms with E-state index in [1.807, 2.05) is 20.8 Å². The van der Waals surface area contributed by atoms with Gasteiger partial charge in [-0.05, 0) is 32.9 Å². The summed E-state index contributed by atoms with van der Waals surface area (Å²) >= 11 is 0. The molecule has 21 heavy (non-hydrogen) atoms. The molecule has 0 heterocycles. The molecule has 0 saturated carbocycles. The lowest BCUT2D eigenvalue weighted by atomic mass is 10.1. The fourth-order valence-electron chi connectivity index (χ4n) is 1.70. The highest BCUT2D eigenvalue weighted by Gasteiger charge is 2.17. The number of ether oxygens (including phenoxy) is 2. The Morgan fingerprint density at radius 2 is 1.76 bits per heavy atom. The molecule has 116 valence electrons. The minimum Gasteiger partial charge on any atom is -0.497 e. The molecule has 0 bridgehead atoms. The molecule has 2 N–H and O–H groups in total. The predicted molar refractivity (Wildman–Crippen MR) is 80.7 cm³/mol. The molecule has 1 aromatic rings. The summed E-state index contributed by atoms with van der Waals surface area (Å²) < 4.78 is 10.3. The second kappa shape index (κ2) is 6.97. The van der Waals surface area contributed by atoms with E-state index in [9.17, 15) is 9.59 Å². The summed E-state index contributed by atoms with van der Waals surface area (Å²) in [6.45, 7) is 5.57. The van der Waals surface area contributed by atoms with Crippen molar-refractivity contribution in [2.24, 2.45) is 0 Å². The Hall–Kier alpha value is -2.24. The number of amides is 2. The van der Waals surface area contributed by atoms with Gasteiger partial charge in [0.05, 0.1) is 19.9 Å². The van der Waals surface area contributed by atoms with Crippen LogP contribution in [0.2, 0.25) is 0 Å². The molecule has 1 aromatic carbocycles. The number of hydrogen-bond acceptors (Lipinski definition) is 4. The summed E-state index contributed by atoms with van der Waals surface area (Å²) in [6, 6.07) is 5.02. The molecule has 2 amide bonds. The molecule has 0 aromatic heterocycles. The normalized spacial score (nSPS) is 10.7. The van der Waals surface area contributed by atoms with Crippen molar-refractivity contribution in [3.8, 4) is 11.5 Å². The maximum absolute atomic E-state index is 11.9. The summed E-state index contributed by atoms with van der Waals surface area (Å²) in [7, 11) is 3.04. The average Bonchev–Trinajstić information content (AvgIpc) is 2.36. The molecule has 0 aliphatic heterocycles. The van der Waals surface area contributed by atoms with Crippen LogP contribution in [0.25, 0.3) is 0 Å². The second-order valence-electron chi connectivity index (χ2n) is 5.59. The van der Waals surface area contributed by atoms with E-state index in [2.05, 4.69) is 10.6 Å². The first-order valence-corrected chi connectivity index (χ1v) is 6.58. The molecular weight excluding hydrogens is 272 g/mol. The van der Waals surface area contributed by atoms with Gasteiger partial charge in [0, 0.05) is 11.6 Å². The SMILES string of the molecule is COc1ccc(NC(=O)CC(=O)NC(C)(C)C)c(OC)c1. The molecule has 0 aliphatic carbocycles. The van der Waals surface area contributed by atoms with Crippen molar-refractivity contribution in [3.05, 3.63) is 18.2 Å². The van der Waals surface area contributed by atoms with Gasteiger partial charge in [0.1, 0.15) is 17.9 Å². The Morgan fingerprint density at radius 3 is 2.29 bits per heavy atom. The molecule has 6 heteroatoms. The van der Waals surface area contributed by atoms with Gasteiger partial charge >= 0.3 is 0 Å². The average molecular weight is 294 g/mol. The molecule has 0 aliphatic rings. The quantitative estimate of drug-likeness (QED) is 0.814. The maximum Gasteiger partial charge on any atom is 0.233 e. The number of nitrogens with one attached hydrogen (secondary N) is 2. The lowest BCUT2D eigenvalue weighted by molar-refractivity contribution is -0.127. The summed E-state index contributed by atoms with van der Waals surface area (Å²) in [5.74, 6) is 0.363. The first-order valence-electron chi connectivity index (χ1n) is 6.58. The van der Waals surface area contributed by atoms with Crippen molar-refractivity contribution in [1.82, 2.24) is 5.32 Å². The van der Waals surface area contributed by atoms with Crippen LogP contribution in [0.4, 0.5) is 5.69 Å². The molecule has 0 spiro atoms. The van der Waals surface area contributed by atoms with Gasteiger partial charge in [-0.25, -0.2) is 0 Å². The Bertz CT molecular complexity index is 521. The Labute approximate surface area is 124 Å². The molecular formula is C15H22N2O4. The first-order chi connectivity index (χ1) is 9.75. The Balaban J connectivity index is 2.69. The lowest BCUT2D eigenvalue weighted by Crippen LogP contribution is -2.41. The van der Waals surface area contributed by atoms with Gasteiger partial charge in [0.15, 0.2) is 0 Å². The third kappa shape index (κ3) is 5.72. The Kier molecular flexibility index (Phi) is 5.58. The largest absolute Gasteiger partial charge is 0.497 e. The van der Waals surface area contributed by atoms with Crippen molar-refractivity contribution in [1.29, 1.82) is 0 Å². The summed E-state index contributed by atoms with van der Waals surface area (Å²) in [5, 5.41) is 5.38. The van der Waals surface area contributed by atoms with Crippen LogP contribution >= 0.6 is 0 Å². The van der Waals surface area contributed by atoms with Crippen molar-refractivity contribution in [2.45, 2.75) is 32.7 Å². The van der Waals surface area contributed by atoms with Gasteiger partial charge in [-0.1, -0.05) is 0 Å². The van der Waals surface area contributed by atoms with Crippen molar-refractivity contribution in [2.75, 3.05) is 19.5 Å². The van der Waals surface area contributed by atoms with Gasteiger partial charge in [0.2, 0.25) is 11.8 Å². The zero-order chi connectivity index (χ0) is 16.0. The first kappa shape index (κ1) is 16.8. The standard InChI is InChI=1S/C15H22N2O4/c1-15(2,3)17-14(19)9-13(18)16-11-7-6-10(20-4)8-12(11)21-5/h6-8H,9H2,1-5H3,(H,16,18)(H,17,19). The highest BCUT2D eigenvalue weighted by Crippen LogP contribution is 2.29. The van der Waals surface area contributed by atoms with Crippen LogP contribution < -0.4 is 20.1 Å². The number of hydrogen-bond donors (Lipinski definition) is 2. The number of carbonyl (C=O) groups is 2. The van der Waals surface area contributed by atoms with Gasteiger partial charge in [0.25, 0.3) is 0 Å². The van der Waals surface area contributed by atoms with E-state index in [1.165, 1.54) is 7.11 Å². The minimum absolute atomic E-state index is 0.244. The molecule has 0 unspecified atom stereocenters. The number of rotatable bonds is 5. The fraction of sp³-hybridized carbons (Fsp3) is 0.467. The molecule has 0 atom stereocenters. The molecule has 0 fully saturated rings. The van der Waals surface area contributed by atoms with Gasteiger partial charge in [-0.2, -0.15) is 0 Å². The van der Waals surface area contributed by atoms with E-state index in [0.29, 0.717) is 17.2 Å². The molecule has 0 saturated heterocycles. The third-order valence-corrected chi connectivity index (χ3v) is 2.52. The van der Waals surface area contributed by atoms with Crippen LogP contribution in [0.15, 0.2) is 18.2 Å². The monoisotopic (exact) mass is 294 g/mol. The van der Waals surface area contributed by atoms with Crippen LogP contribution in [0.1, 0.15) is 27.2 Å². The van der Waals surface area contributed by atoms with Crippen LogP contribution in [0, 0.1) is 0 Å². The highest BCUT2D eigenvalue weighted by atomic mass is 16.5. The van der Waals surface area contributed by atoms with Gasteiger partial charge in [-0.15, -0.1) is 0 Å². The van der Waals surface area contributed by atoms with Gasteiger partial charge in [-0.3, -0.25) is 9.59 Å². The topological polar surface area (TPSA) is 76.7 Å². The number of anilines is 1. The molecule has 6 nitrogen and oxygen atoms in total. The number of carbonyl (C=O) groups excluding carboxylic acids is 2. The van der Waals surface area contributed by atoms with Crippen molar-refractivity contribution >= 4 is 17.5 Å². The van der Waals surface area contributed by atoms with E-state index in [0.717, 1.165) is 0 Å². The third-order valence-electron chi connectivity index (χ3n) is 2.52. The smallest absolute Gasteiger partial charge is 0.233 e. The van der Waals surface area contributed by atoms with E-state index in [-0.39, 0.29) is 17.9 Å². The Morgan fingerprint density at radius 1 is 1.10 bits per heavy atom. The zero-order valence-electron chi connectivity index (χ0n) is 13.1. The van der Waals surface area contributed by atoms with Crippen molar-refractivity contribution in [3.63, 3.8) is 0 Å². The van der Waals surface area contributed by atoms with E-state index in [1.54, 1.807) is 25.3 Å². The zero-order valence-corrected chi connectivity index (χ0v) is 13.1. The second-order valence-corrected chi connectivity index (χ2v) is 5.59. The van der Waals surface area contributed by atoms with Gasteiger partial charge < -0.3 is 20.1 Å². The summed E-state index contributed by atoms with van der Waals surface area (Å²) in [5.41, 5.74) is 0.127. The van der Waals surface area contributed by atoms with E-state index >= 15 is 0 Å². The maximum atomic E-state index is 11.9. The number of methoxy groups -OCH3 is 2. The van der Waals surface area contributed by atoms with Crippen LogP contribution in [-0.2, 0) is 9.59 Å². The van der Waals surface area contributed by atoms with E-state index in [4.69, 9.17) is 9.47 Å². The molecule has 0 radical (unpaired) electrons. The molecule has 1 rings (SSSR count).